The lowest BCUT2D eigenvalue weighted by Crippen LogP contribution is -2.40. The molecule has 0 spiro atoms. The second-order valence-corrected chi connectivity index (χ2v) is 12.2. The topological polar surface area (TPSA) is 20.2 Å². The van der Waals surface area contributed by atoms with Gasteiger partial charge < -0.3 is 5.11 Å². The fourth-order valence-electron chi connectivity index (χ4n) is 8.03. The molecular formula is C28H50O. The molecule has 0 aliphatic heterocycles. The monoisotopic (exact) mass is 402 g/mol. The minimum atomic E-state index is -0.0845. The van der Waals surface area contributed by atoms with Crippen molar-refractivity contribution in [3.63, 3.8) is 0 Å². The molecule has 7 atom stereocenters. The van der Waals surface area contributed by atoms with Crippen molar-refractivity contribution in [1.29, 1.82) is 0 Å². The van der Waals surface area contributed by atoms with Crippen molar-refractivity contribution in [3.05, 3.63) is 11.6 Å². The highest BCUT2D eigenvalue weighted by Crippen LogP contribution is 2.61. The van der Waals surface area contributed by atoms with Crippen molar-refractivity contribution in [2.45, 2.75) is 125 Å². The van der Waals surface area contributed by atoms with Gasteiger partial charge in [-0.2, -0.15) is 0 Å². The molecule has 168 valence electrons. The van der Waals surface area contributed by atoms with E-state index >= 15 is 0 Å². The zero-order valence-corrected chi connectivity index (χ0v) is 20.5. The highest BCUT2D eigenvalue weighted by molar-refractivity contribution is 5.22. The van der Waals surface area contributed by atoms with Gasteiger partial charge in [-0.3, -0.25) is 0 Å². The van der Waals surface area contributed by atoms with Gasteiger partial charge >= 0.3 is 0 Å². The van der Waals surface area contributed by atoms with Gasteiger partial charge in [0.15, 0.2) is 0 Å². The third kappa shape index (κ3) is 4.97. The zero-order valence-electron chi connectivity index (χ0n) is 20.5. The molecule has 0 aromatic carbocycles. The van der Waals surface area contributed by atoms with Crippen LogP contribution in [0.3, 0.4) is 0 Å². The molecule has 1 nitrogen and oxygen atoms in total. The second kappa shape index (κ2) is 9.46. The Bertz CT molecular complexity index is 563. The first-order valence-electron chi connectivity index (χ1n) is 13.1. The van der Waals surface area contributed by atoms with Crippen molar-refractivity contribution < 1.29 is 5.11 Å². The van der Waals surface area contributed by atoms with E-state index in [1.54, 1.807) is 5.57 Å². The van der Waals surface area contributed by atoms with Gasteiger partial charge in [-0.05, 0) is 91.8 Å². The molecule has 1 heteroatoms. The van der Waals surface area contributed by atoms with Crippen LogP contribution in [0.4, 0.5) is 0 Å². The van der Waals surface area contributed by atoms with E-state index in [0.717, 1.165) is 42.4 Å². The van der Waals surface area contributed by atoms with E-state index in [0.29, 0.717) is 10.8 Å². The lowest BCUT2D eigenvalue weighted by atomic mass is 9.56. The Labute approximate surface area is 182 Å². The van der Waals surface area contributed by atoms with Crippen molar-refractivity contribution in [1.82, 2.24) is 0 Å². The van der Waals surface area contributed by atoms with Crippen molar-refractivity contribution >= 4 is 0 Å². The van der Waals surface area contributed by atoms with Crippen LogP contribution < -0.4 is 0 Å². The highest BCUT2D eigenvalue weighted by atomic mass is 16.3. The summed E-state index contributed by atoms with van der Waals surface area (Å²) in [7, 11) is 0. The Kier molecular flexibility index (Phi) is 7.62. The lowest BCUT2D eigenvalue weighted by molar-refractivity contribution is 0.0330. The molecule has 0 radical (unpaired) electrons. The fourth-order valence-corrected chi connectivity index (χ4v) is 8.03. The molecule has 3 unspecified atom stereocenters. The van der Waals surface area contributed by atoms with Crippen LogP contribution in [0, 0.1) is 40.4 Å². The molecule has 0 aromatic rings. The number of fused-ring (bicyclic) bond motifs is 1. The molecule has 0 amide bonds. The van der Waals surface area contributed by atoms with Gasteiger partial charge in [0, 0.05) is 0 Å². The molecule has 3 aliphatic rings. The van der Waals surface area contributed by atoms with Gasteiger partial charge in [-0.25, -0.2) is 0 Å². The Morgan fingerprint density at radius 1 is 1.10 bits per heavy atom. The first-order valence-corrected chi connectivity index (χ1v) is 13.1. The molecule has 1 N–H and O–H groups in total. The Morgan fingerprint density at radius 3 is 2.55 bits per heavy atom. The zero-order chi connectivity index (χ0) is 21.2. The highest BCUT2D eigenvalue weighted by Gasteiger charge is 2.52. The summed E-state index contributed by atoms with van der Waals surface area (Å²) in [4.78, 5) is 0. The van der Waals surface area contributed by atoms with Crippen molar-refractivity contribution in [3.8, 4) is 0 Å². The fraction of sp³-hybridized carbons (Fsp3) is 0.929. The second-order valence-electron chi connectivity index (χ2n) is 12.2. The summed E-state index contributed by atoms with van der Waals surface area (Å²) in [6.45, 7) is 14.9. The SMILES string of the molecule is CCC[C@@]1(C)C(C2CC=C3C[C@@H](O)CC[C@]3(C)C2)CC[C@@H]1C(C)CCCC(C)C. The molecule has 0 aromatic heterocycles. The van der Waals surface area contributed by atoms with E-state index in [-0.39, 0.29) is 6.10 Å². The minimum absolute atomic E-state index is 0.0845. The van der Waals surface area contributed by atoms with Crippen LogP contribution in [0.25, 0.3) is 0 Å². The molecule has 3 rings (SSSR count). The van der Waals surface area contributed by atoms with E-state index in [4.69, 9.17) is 0 Å². The molecule has 0 heterocycles. The van der Waals surface area contributed by atoms with E-state index in [1.807, 2.05) is 0 Å². The van der Waals surface area contributed by atoms with Crippen LogP contribution in [0.15, 0.2) is 11.6 Å². The molecular weight excluding hydrogens is 352 g/mol. The van der Waals surface area contributed by atoms with E-state index in [2.05, 4.69) is 47.6 Å². The number of rotatable bonds is 8. The molecule has 2 saturated carbocycles. The summed E-state index contributed by atoms with van der Waals surface area (Å²) in [5.41, 5.74) is 2.49. The maximum Gasteiger partial charge on any atom is 0.0577 e. The molecule has 3 aliphatic carbocycles. The lowest BCUT2D eigenvalue weighted by Gasteiger charge is -2.49. The number of hydrogen-bond acceptors (Lipinski definition) is 1. The summed E-state index contributed by atoms with van der Waals surface area (Å²) >= 11 is 0. The first-order chi connectivity index (χ1) is 13.7. The summed E-state index contributed by atoms with van der Waals surface area (Å²) in [5.74, 6) is 4.42. The quantitative estimate of drug-likeness (QED) is 0.406. The average Bonchev–Trinajstić information content (AvgIpc) is 2.98. The number of hydrogen-bond donors (Lipinski definition) is 1. The maximum atomic E-state index is 10.2. The summed E-state index contributed by atoms with van der Waals surface area (Å²) in [5, 5.41) is 10.2. The number of aliphatic hydroxyl groups is 1. The van der Waals surface area contributed by atoms with Crippen LogP contribution in [0.5, 0.6) is 0 Å². The molecule has 0 bridgehead atoms. The Morgan fingerprint density at radius 2 is 1.86 bits per heavy atom. The summed E-state index contributed by atoms with van der Waals surface area (Å²) in [6.07, 6.45) is 18.2. The maximum absolute atomic E-state index is 10.2. The Hall–Kier alpha value is -0.300. The van der Waals surface area contributed by atoms with Crippen LogP contribution >= 0.6 is 0 Å². The van der Waals surface area contributed by atoms with E-state index in [9.17, 15) is 5.11 Å². The van der Waals surface area contributed by atoms with Gasteiger partial charge in [0.1, 0.15) is 0 Å². The van der Waals surface area contributed by atoms with Crippen molar-refractivity contribution in [2.24, 2.45) is 40.4 Å². The summed E-state index contributed by atoms with van der Waals surface area (Å²) < 4.78 is 0. The third-order valence-electron chi connectivity index (χ3n) is 9.61. The molecule has 0 saturated heterocycles. The number of allylic oxidation sites excluding steroid dienone is 1. The van der Waals surface area contributed by atoms with Gasteiger partial charge in [0.25, 0.3) is 0 Å². The van der Waals surface area contributed by atoms with E-state index in [1.165, 1.54) is 64.2 Å². The Balaban J connectivity index is 1.72. The predicted molar refractivity (Wildman–Crippen MR) is 126 cm³/mol. The smallest absolute Gasteiger partial charge is 0.0577 e. The average molecular weight is 403 g/mol. The summed E-state index contributed by atoms with van der Waals surface area (Å²) in [6, 6.07) is 0. The predicted octanol–water partition coefficient (Wildman–Crippen LogP) is 8.17. The third-order valence-corrected chi connectivity index (χ3v) is 9.61. The molecule has 29 heavy (non-hydrogen) atoms. The van der Waals surface area contributed by atoms with E-state index < -0.39 is 0 Å². The standard InChI is InChI=1S/C28H50O/c1-7-16-28(6)25(21(4)10-8-9-20(2)3)13-14-26(28)22-11-12-23-18-24(29)15-17-27(23,5)19-22/h12,20-22,24-26,29H,7-11,13-19H2,1-6H3/t21?,22?,24-,25+,26?,27+,28+/m0/s1. The van der Waals surface area contributed by atoms with Gasteiger partial charge in [-0.15, -0.1) is 0 Å². The number of aliphatic hydroxyl groups excluding tert-OH is 1. The normalized spacial score (nSPS) is 41.3. The van der Waals surface area contributed by atoms with Crippen LogP contribution in [0.1, 0.15) is 119 Å². The van der Waals surface area contributed by atoms with Crippen LogP contribution in [0.2, 0.25) is 0 Å². The van der Waals surface area contributed by atoms with Gasteiger partial charge in [0.05, 0.1) is 6.10 Å². The van der Waals surface area contributed by atoms with Crippen molar-refractivity contribution in [2.75, 3.05) is 0 Å². The molecule has 2 fully saturated rings. The van der Waals surface area contributed by atoms with Crippen LogP contribution in [-0.4, -0.2) is 11.2 Å². The van der Waals surface area contributed by atoms with Gasteiger partial charge in [-0.1, -0.05) is 78.9 Å². The van der Waals surface area contributed by atoms with Crippen LogP contribution in [-0.2, 0) is 0 Å². The van der Waals surface area contributed by atoms with Gasteiger partial charge in [0.2, 0.25) is 0 Å². The minimum Gasteiger partial charge on any atom is -0.393 e. The largest absolute Gasteiger partial charge is 0.393 e. The first kappa shape index (κ1) is 23.4.